The van der Waals surface area contributed by atoms with Gasteiger partial charge in [0, 0.05) is 50.1 Å². The molecule has 5 heterocycles. The fraction of sp³-hybridized carbons (Fsp3) is 0.0851. The number of benzene rings is 14. The Balaban J connectivity index is 0.000000125. The van der Waals surface area contributed by atoms with Crippen molar-refractivity contribution in [2.75, 3.05) is 0 Å². The number of ether oxygens (including phenoxy) is 2. The number of hydrogen-bond donors (Lipinski definition) is 0. The molecule has 0 bridgehead atoms. The van der Waals surface area contributed by atoms with Crippen LogP contribution in [0.5, 0.6) is 23.0 Å². The van der Waals surface area contributed by atoms with Crippen LogP contribution in [-0.2, 0) is 20.1 Å². The van der Waals surface area contributed by atoms with Crippen molar-refractivity contribution in [2.45, 2.75) is 49.7 Å². The molecule has 3 aliphatic rings. The van der Waals surface area contributed by atoms with E-state index in [1.807, 2.05) is 109 Å². The molecule has 0 unspecified atom stereocenters. The van der Waals surface area contributed by atoms with E-state index in [9.17, 15) is 0 Å². The molecule has 1 fully saturated rings. The molecule has 1 saturated heterocycles. The molecule has 0 spiro atoms. The fourth-order valence-corrected chi connectivity index (χ4v) is 15.2. The first kappa shape index (κ1) is 66.7. The number of nitrogens with zero attached hydrogens (tertiary/aromatic N) is 6. The van der Waals surface area contributed by atoms with Crippen molar-refractivity contribution < 1.29 is 18.8 Å². The maximum absolute atomic E-state index is 6.48. The summed E-state index contributed by atoms with van der Waals surface area (Å²) in [7, 11) is -0.393. The van der Waals surface area contributed by atoms with Crippen molar-refractivity contribution in [3.8, 4) is 79.9 Å². The maximum atomic E-state index is 6.48. The maximum Gasteiger partial charge on any atom is 0.494 e. The largest absolute Gasteiger partial charge is 0.494 e. The third-order valence-corrected chi connectivity index (χ3v) is 21.0. The van der Waals surface area contributed by atoms with Crippen LogP contribution >= 0.6 is 11.6 Å². The summed E-state index contributed by atoms with van der Waals surface area (Å²) < 4.78 is 25.5. The van der Waals surface area contributed by atoms with E-state index in [1.165, 1.54) is 16.7 Å². The van der Waals surface area contributed by atoms with Crippen LogP contribution in [0.1, 0.15) is 72.2 Å². The molecule has 0 radical (unpaired) electrons. The first-order chi connectivity index (χ1) is 51.9. The summed E-state index contributed by atoms with van der Waals surface area (Å²) in [6.07, 6.45) is 0. The van der Waals surface area contributed by atoms with Crippen molar-refractivity contribution in [3.05, 3.63) is 402 Å². The van der Waals surface area contributed by atoms with Crippen LogP contribution in [0.3, 0.4) is 0 Å². The number of halogens is 1. The Morgan fingerprint density at radius 2 is 0.557 bits per heavy atom. The highest BCUT2D eigenvalue weighted by Crippen LogP contribution is 2.57. The summed E-state index contributed by atoms with van der Waals surface area (Å²) in [4.78, 5) is 28.3. The molecule has 14 aromatic carbocycles. The average Bonchev–Trinajstić information content (AvgIpc) is 0.792. The van der Waals surface area contributed by atoms with Gasteiger partial charge in [-0.25, -0.2) is 19.9 Å². The van der Waals surface area contributed by atoms with Crippen LogP contribution in [-0.4, -0.2) is 48.2 Å². The Hall–Kier alpha value is -12.5. The van der Waals surface area contributed by atoms with Gasteiger partial charge in [-0.05, 0) is 113 Å². The SMILES string of the molecule is CC1(C)OB(c2ccc(C3(c4ccccc4)c4ccccc4Oc4ccccc43)cc2)OC1(C)C.Clc1nc(-c2ccccc2)nc(-c2cccc3ccccc23)n1.c1ccc(-c2nc(-c3ccc(C4(c5ccccc5)c5ccccc5Oc5ccccc54)cc3)nc(-c3cccc4ccccc34)n2)cc1. The van der Waals surface area contributed by atoms with Gasteiger partial charge in [-0.1, -0.05) is 328 Å². The van der Waals surface area contributed by atoms with Crippen LogP contribution < -0.4 is 14.9 Å². The second-order valence-electron chi connectivity index (χ2n) is 27.6. The first-order valence-corrected chi connectivity index (χ1v) is 36.0. The Labute approximate surface area is 621 Å². The van der Waals surface area contributed by atoms with E-state index in [4.69, 9.17) is 45.3 Å². The van der Waals surface area contributed by atoms with Gasteiger partial charge < -0.3 is 18.8 Å². The van der Waals surface area contributed by atoms with E-state index >= 15 is 0 Å². The summed E-state index contributed by atoms with van der Waals surface area (Å²) in [6, 6.07) is 121. The standard InChI is InChI=1S/C44H29N3O.C31H29BO3.C19H12ClN3/c1-3-15-31(16-4-1)41-45-42(47-43(46-41)36-21-13-17-30-14-7-8-20-35(30)36)32-26-28-34(29-27-32)44(33-18-5-2-6-19-33)37-22-9-11-24-39(37)48-40-25-12-10-23-38(40)44;1-29(2)30(3,4)35-32(34-29)24-20-18-23(19-21-24)31(22-12-6-5-7-13-22)25-14-8-10-16-27(25)33-28-17-11-9-15-26(28)31;20-19-22-17(14-8-2-1-3-9-14)21-18(23-19)16-12-6-10-13-7-4-5-11-15(13)16/h1-29H;5-21H,1-4H3;1-12H. The summed E-state index contributed by atoms with van der Waals surface area (Å²) in [5, 5.41) is 4.68. The van der Waals surface area contributed by atoms with Gasteiger partial charge in [-0.2, -0.15) is 9.97 Å². The van der Waals surface area contributed by atoms with E-state index < -0.39 is 17.9 Å². The highest BCUT2D eigenvalue weighted by molar-refractivity contribution is 6.62. The lowest BCUT2D eigenvalue weighted by Gasteiger charge is -2.41. The minimum absolute atomic E-state index is 0.196. The first-order valence-electron chi connectivity index (χ1n) is 35.6. The quantitative estimate of drug-likeness (QED) is 0.123. The van der Waals surface area contributed by atoms with Crippen molar-refractivity contribution in [1.82, 2.24) is 29.9 Å². The van der Waals surface area contributed by atoms with Crippen LogP contribution in [0.25, 0.3) is 78.5 Å². The normalized spacial score (nSPS) is 14.4. The molecule has 0 amide bonds. The zero-order chi connectivity index (χ0) is 71.8. The lowest BCUT2D eigenvalue weighted by atomic mass is 9.63. The molecule has 2 aromatic heterocycles. The molecule has 0 atom stereocenters. The molecule has 10 nitrogen and oxygen atoms in total. The summed E-state index contributed by atoms with van der Waals surface area (Å²) in [6.45, 7) is 8.34. The lowest BCUT2D eigenvalue weighted by molar-refractivity contribution is 0.00578. The molecular formula is C94H70BClN6O4. The smallest absolute Gasteiger partial charge is 0.457 e. The average molecular weight is 1390 g/mol. The van der Waals surface area contributed by atoms with Gasteiger partial charge >= 0.3 is 7.12 Å². The predicted octanol–water partition coefficient (Wildman–Crippen LogP) is 22.0. The summed E-state index contributed by atoms with van der Waals surface area (Å²) >= 11 is 6.14. The molecular weight excluding hydrogens is 1320 g/mol. The molecule has 0 N–H and O–H groups in total. The van der Waals surface area contributed by atoms with Crippen LogP contribution in [0.15, 0.2) is 352 Å². The topological polar surface area (TPSA) is 114 Å². The van der Waals surface area contributed by atoms with Crippen LogP contribution in [0, 0.1) is 0 Å². The predicted molar refractivity (Wildman–Crippen MR) is 426 cm³/mol. The Bertz CT molecular complexity index is 5780. The van der Waals surface area contributed by atoms with Crippen molar-refractivity contribution in [3.63, 3.8) is 0 Å². The van der Waals surface area contributed by atoms with E-state index in [1.54, 1.807) is 0 Å². The molecule has 12 heteroatoms. The monoisotopic (exact) mass is 1390 g/mol. The summed E-state index contributed by atoms with van der Waals surface area (Å²) in [5.41, 5.74) is 13.0. The van der Waals surface area contributed by atoms with E-state index in [2.05, 4.69) is 285 Å². The van der Waals surface area contributed by atoms with Gasteiger partial charge in [0.2, 0.25) is 5.28 Å². The van der Waals surface area contributed by atoms with Gasteiger partial charge in [0.15, 0.2) is 29.1 Å². The molecule has 16 aromatic rings. The number of rotatable bonds is 10. The molecule has 19 rings (SSSR count). The Morgan fingerprint density at radius 1 is 0.264 bits per heavy atom. The second kappa shape index (κ2) is 27.9. The minimum Gasteiger partial charge on any atom is -0.457 e. The summed E-state index contributed by atoms with van der Waals surface area (Å²) in [5.74, 6) is 6.54. The number of hydrogen-bond acceptors (Lipinski definition) is 10. The van der Waals surface area contributed by atoms with Gasteiger partial charge in [0.1, 0.15) is 23.0 Å². The third kappa shape index (κ3) is 12.1. The zero-order valence-corrected chi connectivity index (χ0v) is 59.5. The highest BCUT2D eigenvalue weighted by atomic mass is 35.5. The number of para-hydroxylation sites is 4. The zero-order valence-electron chi connectivity index (χ0n) is 58.8. The van der Waals surface area contributed by atoms with Crippen molar-refractivity contribution >= 4 is 45.7 Å². The second-order valence-corrected chi connectivity index (χ2v) is 27.9. The molecule has 106 heavy (non-hydrogen) atoms. The molecule has 3 aliphatic heterocycles. The van der Waals surface area contributed by atoms with Gasteiger partial charge in [-0.3, -0.25) is 0 Å². The van der Waals surface area contributed by atoms with Gasteiger partial charge in [0.05, 0.1) is 22.0 Å². The molecule has 510 valence electrons. The van der Waals surface area contributed by atoms with Crippen LogP contribution in [0.4, 0.5) is 0 Å². The highest BCUT2D eigenvalue weighted by Gasteiger charge is 2.52. The van der Waals surface area contributed by atoms with Gasteiger partial charge in [0.25, 0.3) is 0 Å². The number of aromatic nitrogens is 6. The minimum atomic E-state index is -0.590. The van der Waals surface area contributed by atoms with Crippen molar-refractivity contribution in [2.24, 2.45) is 0 Å². The lowest BCUT2D eigenvalue weighted by Crippen LogP contribution is -2.41. The van der Waals surface area contributed by atoms with Crippen molar-refractivity contribution in [1.29, 1.82) is 0 Å². The third-order valence-electron chi connectivity index (χ3n) is 20.8. The fourth-order valence-electron chi connectivity index (χ4n) is 15.1. The molecule has 0 aliphatic carbocycles. The Kier molecular flexibility index (Phi) is 17.6. The number of fused-ring (bicyclic) bond motifs is 6. The van der Waals surface area contributed by atoms with E-state index in [0.29, 0.717) is 29.1 Å². The van der Waals surface area contributed by atoms with Crippen LogP contribution in [0.2, 0.25) is 5.28 Å². The molecule has 0 saturated carbocycles. The Morgan fingerprint density at radius 3 is 0.972 bits per heavy atom. The van der Waals surface area contributed by atoms with E-state index in [0.717, 1.165) is 106 Å². The van der Waals surface area contributed by atoms with Gasteiger partial charge in [-0.15, -0.1) is 0 Å². The van der Waals surface area contributed by atoms with E-state index in [-0.39, 0.29) is 16.5 Å².